The Hall–Kier alpha value is -3.48. The second-order valence-electron chi connectivity index (χ2n) is 8.13. The van der Waals surface area contributed by atoms with Crippen LogP contribution in [0.5, 0.6) is 0 Å². The van der Waals surface area contributed by atoms with Crippen molar-refractivity contribution < 1.29 is 19.1 Å². The number of carbonyl (C=O) groups excluding carboxylic acids is 2. The molecule has 7 heteroatoms. The largest absolute Gasteiger partial charge is 0.516 e. The number of benzene rings is 1. The maximum atomic E-state index is 13.3. The molecule has 0 saturated heterocycles. The summed E-state index contributed by atoms with van der Waals surface area (Å²) in [6.07, 6.45) is 0.956. The van der Waals surface area contributed by atoms with E-state index in [0.717, 1.165) is 39.8 Å². The van der Waals surface area contributed by atoms with Crippen molar-refractivity contribution in [1.82, 2.24) is 9.55 Å². The molecule has 4 rings (SSSR count). The van der Waals surface area contributed by atoms with Gasteiger partial charge in [0.2, 0.25) is 0 Å². The summed E-state index contributed by atoms with van der Waals surface area (Å²) in [7, 11) is 0. The molecule has 0 amide bonds. The molecule has 0 bridgehead atoms. The van der Waals surface area contributed by atoms with Gasteiger partial charge in [-0.25, -0.2) is 9.78 Å². The highest BCUT2D eigenvalue weighted by atomic mass is 16.7. The van der Waals surface area contributed by atoms with Crippen LogP contribution in [0.25, 0.3) is 22.3 Å². The van der Waals surface area contributed by atoms with Crippen molar-refractivity contribution in [3.63, 3.8) is 0 Å². The first kappa shape index (κ1) is 21.7. The Kier molecular flexibility index (Phi) is 6.08. The van der Waals surface area contributed by atoms with Crippen molar-refractivity contribution in [3.05, 3.63) is 63.4 Å². The summed E-state index contributed by atoms with van der Waals surface area (Å²) in [5, 5.41) is 1.03. The van der Waals surface area contributed by atoms with E-state index in [1.807, 2.05) is 44.2 Å². The van der Waals surface area contributed by atoms with Crippen molar-refractivity contribution in [2.45, 2.75) is 53.2 Å². The Morgan fingerprint density at radius 2 is 1.97 bits per heavy atom. The second kappa shape index (κ2) is 8.94. The molecule has 1 aliphatic heterocycles. The molecule has 2 aromatic heterocycles. The number of esters is 1. The number of pyridine rings is 2. The fraction of sp³-hybridized carbons (Fsp3) is 0.360. The van der Waals surface area contributed by atoms with Crippen LogP contribution < -0.4 is 5.56 Å². The zero-order chi connectivity index (χ0) is 22.8. The number of aromatic nitrogens is 2. The van der Waals surface area contributed by atoms with E-state index in [0.29, 0.717) is 24.9 Å². The summed E-state index contributed by atoms with van der Waals surface area (Å²) < 4.78 is 11.6. The van der Waals surface area contributed by atoms with Crippen molar-refractivity contribution in [2.24, 2.45) is 5.92 Å². The smallest absolute Gasteiger partial charge is 0.429 e. The summed E-state index contributed by atoms with van der Waals surface area (Å²) >= 11 is 0. The number of ether oxygens (including phenoxy) is 2. The number of hydrogen-bond acceptors (Lipinski definition) is 6. The average molecular weight is 434 g/mol. The fourth-order valence-corrected chi connectivity index (χ4v) is 3.92. The van der Waals surface area contributed by atoms with Gasteiger partial charge in [-0.15, -0.1) is 0 Å². The van der Waals surface area contributed by atoms with Gasteiger partial charge in [0.25, 0.3) is 5.56 Å². The van der Waals surface area contributed by atoms with Crippen molar-refractivity contribution in [1.29, 1.82) is 0 Å². The lowest BCUT2D eigenvalue weighted by Crippen LogP contribution is -2.27. The van der Waals surface area contributed by atoms with Crippen molar-refractivity contribution in [2.75, 3.05) is 0 Å². The summed E-state index contributed by atoms with van der Waals surface area (Å²) in [6.45, 7) is 5.70. The highest BCUT2D eigenvalue weighted by Crippen LogP contribution is 2.32. The lowest BCUT2D eigenvalue weighted by Gasteiger charge is -2.13. The van der Waals surface area contributed by atoms with Crippen LogP contribution in [0.4, 0.5) is 4.79 Å². The summed E-state index contributed by atoms with van der Waals surface area (Å²) in [5.74, 6) is -1.03. The van der Waals surface area contributed by atoms with E-state index in [1.165, 1.54) is 0 Å². The number of aryl methyl sites for hydroxylation is 1. The third kappa shape index (κ3) is 4.02. The van der Waals surface area contributed by atoms with Gasteiger partial charge in [-0.2, -0.15) is 0 Å². The standard InChI is InChI=1S/C25H26N2O5/c1-4-8-16-12-21-22-18(11-17-9-6-7-10-20(17)26-22)13-27(21)23(28)19(16)14-31-25(30)32-24(29)15(3)5-2/h6-7,9-12,15H,4-5,8,13-14H2,1-3H3/t15-/m1/s1. The molecule has 166 valence electrons. The van der Waals surface area contributed by atoms with E-state index >= 15 is 0 Å². The van der Waals surface area contributed by atoms with Gasteiger partial charge in [-0.1, -0.05) is 45.4 Å². The zero-order valence-electron chi connectivity index (χ0n) is 18.5. The molecule has 3 aromatic rings. The summed E-state index contributed by atoms with van der Waals surface area (Å²) in [6, 6.07) is 11.9. The monoisotopic (exact) mass is 434 g/mol. The van der Waals surface area contributed by atoms with Crippen LogP contribution in [-0.4, -0.2) is 21.7 Å². The Bertz CT molecular complexity index is 1260. The van der Waals surface area contributed by atoms with Gasteiger partial charge < -0.3 is 14.0 Å². The van der Waals surface area contributed by atoms with E-state index in [-0.39, 0.29) is 12.2 Å². The average Bonchev–Trinajstić information content (AvgIpc) is 3.14. The Balaban J connectivity index is 1.65. The molecular weight excluding hydrogens is 408 g/mol. The van der Waals surface area contributed by atoms with E-state index in [1.54, 1.807) is 11.5 Å². The van der Waals surface area contributed by atoms with Crippen LogP contribution in [0.15, 0.2) is 41.2 Å². The maximum absolute atomic E-state index is 13.3. The molecular formula is C25H26N2O5. The fourth-order valence-electron chi connectivity index (χ4n) is 3.92. The predicted octanol–water partition coefficient (Wildman–Crippen LogP) is 4.60. The van der Waals surface area contributed by atoms with Crippen LogP contribution in [-0.2, 0) is 33.8 Å². The summed E-state index contributed by atoms with van der Waals surface area (Å²) in [4.78, 5) is 41.9. The van der Waals surface area contributed by atoms with Gasteiger partial charge >= 0.3 is 12.1 Å². The second-order valence-corrected chi connectivity index (χ2v) is 8.13. The molecule has 0 unspecified atom stereocenters. The number of rotatable bonds is 6. The molecule has 1 atom stereocenters. The first-order chi connectivity index (χ1) is 15.4. The summed E-state index contributed by atoms with van der Waals surface area (Å²) in [5.41, 5.74) is 4.45. The molecule has 1 aromatic carbocycles. The maximum Gasteiger partial charge on any atom is 0.516 e. The van der Waals surface area contributed by atoms with Crippen LogP contribution >= 0.6 is 0 Å². The Morgan fingerprint density at radius 3 is 2.72 bits per heavy atom. The minimum absolute atomic E-state index is 0.214. The number of hydrogen-bond donors (Lipinski definition) is 0. The van der Waals surface area contributed by atoms with Gasteiger partial charge in [0, 0.05) is 10.9 Å². The topological polar surface area (TPSA) is 87.5 Å². The molecule has 0 radical (unpaired) electrons. The predicted molar refractivity (Wildman–Crippen MR) is 120 cm³/mol. The van der Waals surface area contributed by atoms with Gasteiger partial charge in [0.05, 0.1) is 34.9 Å². The van der Waals surface area contributed by atoms with Crippen LogP contribution in [0.1, 0.15) is 50.3 Å². The van der Waals surface area contributed by atoms with E-state index < -0.39 is 18.0 Å². The normalized spacial score (nSPS) is 12.8. The zero-order valence-corrected chi connectivity index (χ0v) is 18.5. The molecule has 7 nitrogen and oxygen atoms in total. The molecule has 3 heterocycles. The van der Waals surface area contributed by atoms with E-state index in [9.17, 15) is 14.4 Å². The van der Waals surface area contributed by atoms with Crippen LogP contribution in [0.3, 0.4) is 0 Å². The van der Waals surface area contributed by atoms with Crippen LogP contribution in [0, 0.1) is 5.92 Å². The molecule has 0 N–H and O–H groups in total. The molecule has 0 spiro atoms. The quantitative estimate of drug-likeness (QED) is 0.325. The first-order valence-corrected chi connectivity index (χ1v) is 11.0. The molecule has 0 saturated carbocycles. The van der Waals surface area contributed by atoms with Gasteiger partial charge in [0.1, 0.15) is 6.61 Å². The molecule has 0 fully saturated rings. The lowest BCUT2D eigenvalue weighted by atomic mass is 10.0. The third-order valence-corrected chi connectivity index (χ3v) is 5.92. The minimum atomic E-state index is -1.08. The SMILES string of the molecule is CCCc1cc2n(c(=O)c1COC(=O)OC(=O)[C@H](C)CC)Cc1cc3ccccc3nc1-2. The van der Waals surface area contributed by atoms with Crippen molar-refractivity contribution in [3.8, 4) is 11.4 Å². The highest BCUT2D eigenvalue weighted by Gasteiger charge is 2.26. The molecule has 1 aliphatic rings. The lowest BCUT2D eigenvalue weighted by molar-refractivity contribution is -0.144. The Labute approximate surface area is 186 Å². The first-order valence-electron chi connectivity index (χ1n) is 11.0. The van der Waals surface area contributed by atoms with E-state index in [2.05, 4.69) is 6.07 Å². The number of para-hydroxylation sites is 1. The highest BCUT2D eigenvalue weighted by molar-refractivity contribution is 5.84. The van der Waals surface area contributed by atoms with E-state index in [4.69, 9.17) is 14.5 Å². The van der Waals surface area contributed by atoms with Gasteiger partial charge in [-0.3, -0.25) is 9.59 Å². The third-order valence-electron chi connectivity index (χ3n) is 5.92. The minimum Gasteiger partial charge on any atom is -0.429 e. The number of nitrogens with zero attached hydrogens (tertiary/aromatic N) is 2. The Morgan fingerprint density at radius 1 is 1.19 bits per heavy atom. The number of fused-ring (bicyclic) bond motifs is 4. The molecule has 32 heavy (non-hydrogen) atoms. The number of carbonyl (C=O) groups is 2. The van der Waals surface area contributed by atoms with Gasteiger partial charge in [0.15, 0.2) is 0 Å². The van der Waals surface area contributed by atoms with Gasteiger partial charge in [-0.05, 0) is 36.6 Å². The molecule has 0 aliphatic carbocycles. The van der Waals surface area contributed by atoms with Crippen molar-refractivity contribution >= 4 is 23.0 Å². The van der Waals surface area contributed by atoms with Crippen LogP contribution in [0.2, 0.25) is 0 Å².